The number of rotatable bonds is 6. The lowest BCUT2D eigenvalue weighted by Crippen LogP contribution is -2.46. The Hall–Kier alpha value is -2.77. The molecule has 5 nitrogen and oxygen atoms in total. The van der Waals surface area contributed by atoms with Crippen molar-refractivity contribution in [1.29, 1.82) is 0 Å². The number of carboxylic acids is 1. The van der Waals surface area contributed by atoms with Gasteiger partial charge in [0.1, 0.15) is 17.2 Å². The minimum absolute atomic E-state index is 0.121. The van der Waals surface area contributed by atoms with E-state index in [0.717, 1.165) is 32.1 Å². The lowest BCUT2D eigenvalue weighted by Gasteiger charge is -2.48. The van der Waals surface area contributed by atoms with Crippen LogP contribution in [0.25, 0.3) is 17.3 Å². The lowest BCUT2D eigenvalue weighted by atomic mass is 9.55. The van der Waals surface area contributed by atoms with E-state index in [1.54, 1.807) is 6.07 Å². The third-order valence-corrected chi connectivity index (χ3v) is 7.29. The van der Waals surface area contributed by atoms with Crippen LogP contribution in [0, 0.1) is 17.3 Å². The largest absolute Gasteiger partial charge is 0.573 e. The molecule has 0 spiro atoms. The van der Waals surface area contributed by atoms with Crippen LogP contribution in [0.15, 0.2) is 34.9 Å². The van der Waals surface area contributed by atoms with Crippen LogP contribution in [0.1, 0.15) is 62.2 Å². The molecule has 2 bridgehead atoms. The summed E-state index contributed by atoms with van der Waals surface area (Å²) >= 11 is 0. The molecule has 1 N–H and O–H groups in total. The van der Waals surface area contributed by atoms with Gasteiger partial charge in [-0.05, 0) is 68.9 Å². The number of hydrogen-bond donors (Lipinski definition) is 1. The zero-order chi connectivity index (χ0) is 22.5. The third kappa shape index (κ3) is 3.80. The molecule has 0 radical (unpaired) electrons. The molecule has 4 saturated carbocycles. The molecule has 1 aromatic heterocycles. The second-order valence-corrected chi connectivity index (χ2v) is 9.23. The predicted octanol–water partition coefficient (Wildman–Crippen LogP) is 6.41. The predicted molar refractivity (Wildman–Crippen MR) is 110 cm³/mol. The number of alkyl halides is 3. The average Bonchev–Trinajstić information content (AvgIpc) is 3.52. The molecule has 4 aliphatic rings. The van der Waals surface area contributed by atoms with Crippen molar-refractivity contribution in [1.82, 2.24) is 5.16 Å². The van der Waals surface area contributed by atoms with E-state index in [4.69, 9.17) is 4.52 Å². The summed E-state index contributed by atoms with van der Waals surface area (Å²) in [5, 5.41) is 14.1. The van der Waals surface area contributed by atoms with E-state index in [9.17, 15) is 23.1 Å². The monoisotopic (exact) mass is 447 g/mol. The summed E-state index contributed by atoms with van der Waals surface area (Å²) in [6, 6.07) is 5.87. The minimum atomic E-state index is -4.83. The van der Waals surface area contributed by atoms with Gasteiger partial charge >= 0.3 is 12.3 Å². The first kappa shape index (κ1) is 21.1. The van der Waals surface area contributed by atoms with Crippen molar-refractivity contribution in [2.24, 2.45) is 17.3 Å². The van der Waals surface area contributed by atoms with Crippen molar-refractivity contribution in [2.45, 2.75) is 57.2 Å². The number of hydrogen-bond acceptors (Lipinski definition) is 4. The summed E-state index contributed by atoms with van der Waals surface area (Å²) in [5.41, 5.74) is 0.332. The fraction of sp³-hybridized carbons (Fsp3) is 0.500. The Morgan fingerprint density at radius 2 is 1.91 bits per heavy atom. The summed E-state index contributed by atoms with van der Waals surface area (Å²) in [6.45, 7) is 0. The maximum atomic E-state index is 12.9. The van der Waals surface area contributed by atoms with E-state index < -0.39 is 17.7 Å². The molecule has 32 heavy (non-hydrogen) atoms. The molecule has 4 aliphatic carbocycles. The van der Waals surface area contributed by atoms with Gasteiger partial charge in [0, 0.05) is 17.0 Å². The number of carboxylic acid groups (broad SMARTS) is 1. The van der Waals surface area contributed by atoms with Gasteiger partial charge in [0.15, 0.2) is 0 Å². The van der Waals surface area contributed by atoms with Gasteiger partial charge in [-0.3, -0.25) is 4.79 Å². The Bertz CT molecular complexity index is 1050. The zero-order valence-electron chi connectivity index (χ0n) is 17.4. The molecule has 4 fully saturated rings. The van der Waals surface area contributed by atoms with Gasteiger partial charge in [0.05, 0.1) is 5.41 Å². The first-order valence-electron chi connectivity index (χ1n) is 11.0. The number of halogens is 3. The van der Waals surface area contributed by atoms with Crippen LogP contribution in [0.2, 0.25) is 0 Å². The molecular formula is C24H24F3NO4. The number of fused-ring (bicyclic) bond motifs is 3. The highest BCUT2D eigenvalue weighted by molar-refractivity contribution is 5.79. The van der Waals surface area contributed by atoms with Crippen molar-refractivity contribution in [3.05, 3.63) is 41.7 Å². The number of allylic oxidation sites excluding steroid dienone is 1. The number of ether oxygens (including phenoxy) is 1. The molecule has 170 valence electrons. The van der Waals surface area contributed by atoms with Gasteiger partial charge in [0.25, 0.3) is 0 Å². The van der Waals surface area contributed by atoms with E-state index >= 15 is 0 Å². The maximum Gasteiger partial charge on any atom is 0.573 e. The van der Waals surface area contributed by atoms with Crippen LogP contribution in [0.5, 0.6) is 5.75 Å². The molecule has 8 heteroatoms. The van der Waals surface area contributed by atoms with Crippen LogP contribution in [-0.2, 0) is 4.79 Å². The van der Waals surface area contributed by atoms with Gasteiger partial charge in [-0.2, -0.15) is 0 Å². The Morgan fingerprint density at radius 3 is 2.56 bits per heavy atom. The fourth-order valence-electron chi connectivity index (χ4n) is 5.41. The molecular weight excluding hydrogens is 423 g/mol. The average molecular weight is 447 g/mol. The quantitative estimate of drug-likeness (QED) is 0.554. The number of benzene rings is 1. The third-order valence-electron chi connectivity index (χ3n) is 7.29. The van der Waals surface area contributed by atoms with Crippen molar-refractivity contribution < 1.29 is 32.3 Å². The number of para-hydroxylation sites is 1. The van der Waals surface area contributed by atoms with E-state index in [1.165, 1.54) is 18.2 Å². The molecule has 0 saturated heterocycles. The lowest BCUT2D eigenvalue weighted by molar-refractivity contribution is -0.274. The SMILES string of the molecule is O=C(O)C12CCC(CC1)CC2C=Cc1c(-c2ccccc2OC(F)(F)F)noc1C1CC1. The molecule has 1 atom stereocenters. The Labute approximate surface area is 183 Å². The molecule has 1 aromatic carbocycles. The van der Waals surface area contributed by atoms with Crippen molar-refractivity contribution in [2.75, 3.05) is 0 Å². The Kier molecular flexibility index (Phi) is 5.06. The smallest absolute Gasteiger partial charge is 0.481 e. The highest BCUT2D eigenvalue weighted by Crippen LogP contribution is 2.55. The van der Waals surface area contributed by atoms with Crippen LogP contribution in [0.4, 0.5) is 13.2 Å². The standard InChI is InChI=1S/C24H24F3NO4/c25-24(26,27)31-19-4-2-1-3-17(19)20-18(21(32-28-20)15-5-6-15)8-7-16-13-14-9-11-23(16,12-10-14)22(29)30/h1-4,7-8,14-16H,5-6,9-13H2,(H,29,30). The summed E-state index contributed by atoms with van der Waals surface area (Å²) in [4.78, 5) is 12.2. The molecule has 0 amide bonds. The Morgan fingerprint density at radius 1 is 1.19 bits per heavy atom. The van der Waals surface area contributed by atoms with Crippen LogP contribution >= 0.6 is 0 Å². The van der Waals surface area contributed by atoms with E-state index in [0.29, 0.717) is 30.1 Å². The summed E-state index contributed by atoms with van der Waals surface area (Å²) in [6.07, 6.45) is 4.79. The molecule has 1 unspecified atom stereocenters. The molecule has 2 aromatic rings. The number of carbonyl (C=O) groups is 1. The first-order chi connectivity index (χ1) is 15.3. The number of nitrogens with zero attached hydrogens (tertiary/aromatic N) is 1. The van der Waals surface area contributed by atoms with Gasteiger partial charge in [-0.1, -0.05) is 29.4 Å². The maximum absolute atomic E-state index is 12.9. The highest BCUT2D eigenvalue weighted by atomic mass is 19.4. The highest BCUT2D eigenvalue weighted by Gasteiger charge is 2.51. The summed E-state index contributed by atoms with van der Waals surface area (Å²) < 4.78 is 48.6. The normalized spacial score (nSPS) is 27.7. The molecule has 0 aliphatic heterocycles. The van der Waals surface area contributed by atoms with Gasteiger partial charge < -0.3 is 14.4 Å². The van der Waals surface area contributed by atoms with Crippen molar-refractivity contribution in [3.8, 4) is 17.0 Å². The summed E-state index contributed by atoms with van der Waals surface area (Å²) in [7, 11) is 0. The van der Waals surface area contributed by atoms with E-state index in [-0.39, 0.29) is 28.8 Å². The van der Waals surface area contributed by atoms with E-state index in [1.807, 2.05) is 12.2 Å². The van der Waals surface area contributed by atoms with Gasteiger partial charge in [0.2, 0.25) is 0 Å². The number of aliphatic carboxylic acids is 1. The molecule has 6 rings (SSSR count). The molecule has 1 heterocycles. The topological polar surface area (TPSA) is 72.6 Å². The summed E-state index contributed by atoms with van der Waals surface area (Å²) in [5.74, 6) is 0.123. The van der Waals surface area contributed by atoms with Crippen molar-refractivity contribution in [3.63, 3.8) is 0 Å². The van der Waals surface area contributed by atoms with Crippen LogP contribution in [0.3, 0.4) is 0 Å². The minimum Gasteiger partial charge on any atom is -0.481 e. The van der Waals surface area contributed by atoms with Crippen molar-refractivity contribution >= 4 is 12.0 Å². The second kappa shape index (κ2) is 7.67. The van der Waals surface area contributed by atoms with Crippen LogP contribution < -0.4 is 4.74 Å². The second-order valence-electron chi connectivity index (χ2n) is 9.23. The number of aromatic nitrogens is 1. The van der Waals surface area contributed by atoms with E-state index in [2.05, 4.69) is 9.89 Å². The Balaban J connectivity index is 1.53. The van der Waals surface area contributed by atoms with Gasteiger partial charge in [-0.25, -0.2) is 0 Å². The van der Waals surface area contributed by atoms with Gasteiger partial charge in [-0.15, -0.1) is 13.2 Å². The zero-order valence-corrected chi connectivity index (χ0v) is 17.4. The van der Waals surface area contributed by atoms with Crippen LogP contribution in [-0.4, -0.2) is 22.6 Å². The first-order valence-corrected chi connectivity index (χ1v) is 11.0. The fourth-order valence-corrected chi connectivity index (χ4v) is 5.41.